The minimum atomic E-state index is -0.767. The Balaban J connectivity index is 2.32. The van der Waals surface area contributed by atoms with Crippen molar-refractivity contribution in [2.45, 2.75) is 26.3 Å². The molecule has 1 aromatic rings. The largest absolute Gasteiger partial charge is 0.481 e. The van der Waals surface area contributed by atoms with Gasteiger partial charge in [-0.25, -0.2) is 0 Å². The first kappa shape index (κ1) is 14.0. The van der Waals surface area contributed by atoms with Crippen molar-refractivity contribution in [3.8, 4) is 0 Å². The molecule has 1 rings (SSSR count). The second-order valence-corrected chi connectivity index (χ2v) is 4.68. The van der Waals surface area contributed by atoms with E-state index in [2.05, 4.69) is 5.32 Å². The molecule has 0 bridgehead atoms. The molecule has 0 fully saturated rings. The van der Waals surface area contributed by atoms with Crippen LogP contribution in [0, 0.1) is 5.92 Å². The summed E-state index contributed by atoms with van der Waals surface area (Å²) in [6, 6.07) is 7.66. The van der Waals surface area contributed by atoms with Crippen molar-refractivity contribution in [2.75, 3.05) is 6.54 Å². The highest BCUT2D eigenvalue weighted by atomic mass is 35.5. The fourth-order valence-electron chi connectivity index (χ4n) is 1.49. The smallest absolute Gasteiger partial charge is 0.307 e. The first-order valence-electron chi connectivity index (χ1n) is 5.71. The monoisotopic (exact) mass is 255 g/mol. The molecule has 0 aliphatic carbocycles. The summed E-state index contributed by atoms with van der Waals surface area (Å²) in [4.78, 5) is 10.8. The molecule has 0 spiro atoms. The number of carboxylic acids is 1. The molecule has 0 heterocycles. The zero-order valence-electron chi connectivity index (χ0n) is 10.1. The Kier molecular flexibility index (Phi) is 5.45. The highest BCUT2D eigenvalue weighted by Gasteiger charge is 2.18. The maximum Gasteiger partial charge on any atom is 0.307 e. The molecule has 2 atom stereocenters. The summed E-state index contributed by atoms with van der Waals surface area (Å²) >= 11 is 5.79. The summed E-state index contributed by atoms with van der Waals surface area (Å²) in [6.45, 7) is 4.36. The van der Waals surface area contributed by atoms with E-state index >= 15 is 0 Å². The predicted molar refractivity (Wildman–Crippen MR) is 69.4 cm³/mol. The van der Waals surface area contributed by atoms with E-state index in [1.54, 1.807) is 6.92 Å². The molecule has 1 aromatic carbocycles. The van der Waals surface area contributed by atoms with Gasteiger partial charge in [-0.3, -0.25) is 4.79 Å². The van der Waals surface area contributed by atoms with E-state index < -0.39 is 5.97 Å². The SMILES string of the molecule is CC(NCCc1ccc(Cl)cc1)C(C)C(=O)O. The van der Waals surface area contributed by atoms with Gasteiger partial charge in [0, 0.05) is 11.1 Å². The van der Waals surface area contributed by atoms with Gasteiger partial charge in [0.15, 0.2) is 0 Å². The van der Waals surface area contributed by atoms with E-state index in [1.807, 2.05) is 31.2 Å². The Morgan fingerprint density at radius 3 is 2.47 bits per heavy atom. The van der Waals surface area contributed by atoms with E-state index in [1.165, 1.54) is 5.56 Å². The molecule has 0 saturated carbocycles. The van der Waals surface area contributed by atoms with E-state index in [4.69, 9.17) is 16.7 Å². The molecule has 0 aromatic heterocycles. The molecule has 0 radical (unpaired) electrons. The summed E-state index contributed by atoms with van der Waals surface area (Å²) < 4.78 is 0. The normalized spacial score (nSPS) is 14.3. The number of benzene rings is 1. The summed E-state index contributed by atoms with van der Waals surface area (Å²) in [5.41, 5.74) is 1.19. The topological polar surface area (TPSA) is 49.3 Å². The lowest BCUT2D eigenvalue weighted by atomic mass is 10.0. The first-order chi connectivity index (χ1) is 8.00. The molecular weight excluding hydrogens is 238 g/mol. The van der Waals surface area contributed by atoms with Crippen LogP contribution in [-0.4, -0.2) is 23.7 Å². The number of halogens is 1. The third kappa shape index (κ3) is 4.75. The number of carboxylic acid groups (broad SMARTS) is 1. The highest BCUT2D eigenvalue weighted by molar-refractivity contribution is 6.30. The summed E-state index contributed by atoms with van der Waals surface area (Å²) in [6.07, 6.45) is 0.869. The van der Waals surface area contributed by atoms with Gasteiger partial charge in [-0.2, -0.15) is 0 Å². The Morgan fingerprint density at radius 2 is 1.94 bits per heavy atom. The minimum Gasteiger partial charge on any atom is -0.481 e. The van der Waals surface area contributed by atoms with Gasteiger partial charge in [0.05, 0.1) is 5.92 Å². The molecule has 0 aliphatic rings. The Morgan fingerprint density at radius 1 is 1.35 bits per heavy atom. The Labute approximate surface area is 107 Å². The standard InChI is InChI=1S/C13H18ClNO2/c1-9(13(16)17)10(2)15-8-7-11-3-5-12(14)6-4-11/h3-6,9-10,15H,7-8H2,1-2H3,(H,16,17). The van der Waals surface area contributed by atoms with Gasteiger partial charge >= 0.3 is 5.97 Å². The van der Waals surface area contributed by atoms with Crippen molar-refractivity contribution in [2.24, 2.45) is 5.92 Å². The van der Waals surface area contributed by atoms with Gasteiger partial charge in [-0.1, -0.05) is 30.7 Å². The van der Waals surface area contributed by atoms with Crippen LogP contribution in [0.25, 0.3) is 0 Å². The molecule has 0 aliphatic heterocycles. The van der Waals surface area contributed by atoms with Crippen LogP contribution >= 0.6 is 11.6 Å². The second kappa shape index (κ2) is 6.62. The fraction of sp³-hybridized carbons (Fsp3) is 0.462. The molecule has 4 heteroatoms. The van der Waals surface area contributed by atoms with Crippen LogP contribution in [0.15, 0.2) is 24.3 Å². The Bertz CT molecular complexity index is 364. The zero-order valence-corrected chi connectivity index (χ0v) is 10.9. The van der Waals surface area contributed by atoms with Crippen molar-refractivity contribution < 1.29 is 9.90 Å². The number of carbonyl (C=O) groups is 1. The molecule has 0 saturated heterocycles. The lowest BCUT2D eigenvalue weighted by Gasteiger charge is -2.17. The third-order valence-electron chi connectivity index (χ3n) is 2.93. The highest BCUT2D eigenvalue weighted by Crippen LogP contribution is 2.10. The number of aliphatic carboxylic acids is 1. The minimum absolute atomic E-state index is 0.0280. The summed E-state index contributed by atoms with van der Waals surface area (Å²) in [5, 5.41) is 12.8. The van der Waals surface area contributed by atoms with Gasteiger partial charge < -0.3 is 10.4 Å². The summed E-state index contributed by atoms with van der Waals surface area (Å²) in [5.74, 6) is -1.14. The molecular formula is C13H18ClNO2. The van der Waals surface area contributed by atoms with Gasteiger partial charge in [0.1, 0.15) is 0 Å². The molecule has 17 heavy (non-hydrogen) atoms. The van der Waals surface area contributed by atoms with Crippen LogP contribution in [0.2, 0.25) is 5.02 Å². The van der Waals surface area contributed by atoms with Crippen LogP contribution in [-0.2, 0) is 11.2 Å². The van der Waals surface area contributed by atoms with Crippen molar-refractivity contribution in [3.05, 3.63) is 34.9 Å². The van der Waals surface area contributed by atoms with Gasteiger partial charge in [0.25, 0.3) is 0 Å². The average molecular weight is 256 g/mol. The molecule has 94 valence electrons. The predicted octanol–water partition coefficient (Wildman–Crippen LogP) is 2.58. The quantitative estimate of drug-likeness (QED) is 0.822. The van der Waals surface area contributed by atoms with Gasteiger partial charge in [-0.15, -0.1) is 0 Å². The van der Waals surface area contributed by atoms with Crippen LogP contribution in [0.5, 0.6) is 0 Å². The first-order valence-corrected chi connectivity index (χ1v) is 6.09. The van der Waals surface area contributed by atoms with Crippen LogP contribution in [0.4, 0.5) is 0 Å². The maximum atomic E-state index is 10.8. The fourth-order valence-corrected chi connectivity index (χ4v) is 1.61. The summed E-state index contributed by atoms with van der Waals surface area (Å²) in [7, 11) is 0. The molecule has 0 amide bonds. The number of hydrogen-bond acceptors (Lipinski definition) is 2. The van der Waals surface area contributed by atoms with Gasteiger partial charge in [-0.05, 0) is 37.6 Å². The van der Waals surface area contributed by atoms with Gasteiger partial charge in [0.2, 0.25) is 0 Å². The second-order valence-electron chi connectivity index (χ2n) is 4.25. The lowest BCUT2D eigenvalue weighted by Crippen LogP contribution is -2.37. The molecule has 3 nitrogen and oxygen atoms in total. The van der Waals surface area contributed by atoms with E-state index in [9.17, 15) is 4.79 Å². The number of hydrogen-bond donors (Lipinski definition) is 2. The van der Waals surface area contributed by atoms with Crippen molar-refractivity contribution in [1.82, 2.24) is 5.32 Å². The zero-order chi connectivity index (χ0) is 12.8. The van der Waals surface area contributed by atoms with E-state index in [-0.39, 0.29) is 12.0 Å². The van der Waals surface area contributed by atoms with Crippen LogP contribution in [0.3, 0.4) is 0 Å². The lowest BCUT2D eigenvalue weighted by molar-refractivity contribution is -0.141. The number of nitrogens with one attached hydrogen (secondary N) is 1. The van der Waals surface area contributed by atoms with Crippen molar-refractivity contribution in [1.29, 1.82) is 0 Å². The maximum absolute atomic E-state index is 10.8. The third-order valence-corrected chi connectivity index (χ3v) is 3.18. The van der Waals surface area contributed by atoms with E-state index in [0.717, 1.165) is 18.0 Å². The number of rotatable bonds is 6. The molecule has 2 N–H and O–H groups in total. The van der Waals surface area contributed by atoms with Crippen molar-refractivity contribution >= 4 is 17.6 Å². The molecule has 2 unspecified atom stereocenters. The van der Waals surface area contributed by atoms with E-state index in [0.29, 0.717) is 0 Å². The van der Waals surface area contributed by atoms with Crippen LogP contribution < -0.4 is 5.32 Å². The van der Waals surface area contributed by atoms with Crippen LogP contribution in [0.1, 0.15) is 19.4 Å². The van der Waals surface area contributed by atoms with Crippen molar-refractivity contribution in [3.63, 3.8) is 0 Å². The Hall–Kier alpha value is -1.06. The average Bonchev–Trinajstić information content (AvgIpc) is 2.30.